The first-order valence-corrected chi connectivity index (χ1v) is 6.73. The van der Waals surface area contributed by atoms with Gasteiger partial charge in [0.25, 0.3) is 0 Å². The summed E-state index contributed by atoms with van der Waals surface area (Å²) in [5, 5.41) is 3.22. The van der Waals surface area contributed by atoms with Crippen LogP contribution in [0.2, 0.25) is 0 Å². The molecule has 0 radical (unpaired) electrons. The fraction of sp³-hybridized carbons (Fsp3) is 0.583. The second-order valence-corrected chi connectivity index (χ2v) is 5.80. The number of thiophene rings is 1. The van der Waals surface area contributed by atoms with E-state index in [1.165, 1.54) is 9.75 Å². The number of nitrogens with zero attached hydrogens (tertiary/aromatic N) is 1. The normalized spacial score (nSPS) is 23.5. The molecule has 3 N–H and O–H groups in total. The van der Waals surface area contributed by atoms with Gasteiger partial charge >= 0.3 is 0 Å². The summed E-state index contributed by atoms with van der Waals surface area (Å²) in [7, 11) is 0. The van der Waals surface area contributed by atoms with Crippen LogP contribution in [0.4, 0.5) is 0 Å². The summed E-state index contributed by atoms with van der Waals surface area (Å²) in [6.07, 6.45) is 0. The first kappa shape index (κ1) is 12.5. The number of amides is 1. The summed E-state index contributed by atoms with van der Waals surface area (Å²) in [6.45, 7) is 6.69. The molecule has 1 aliphatic heterocycles. The van der Waals surface area contributed by atoms with Crippen molar-refractivity contribution < 1.29 is 4.79 Å². The zero-order valence-corrected chi connectivity index (χ0v) is 11.1. The largest absolute Gasteiger partial charge is 0.368 e. The Morgan fingerprint density at radius 3 is 3.00 bits per heavy atom. The molecule has 1 saturated heterocycles. The molecule has 0 spiro atoms. The van der Waals surface area contributed by atoms with Gasteiger partial charge in [-0.3, -0.25) is 9.69 Å². The van der Waals surface area contributed by atoms with Crippen molar-refractivity contribution in [1.82, 2.24) is 10.2 Å². The van der Waals surface area contributed by atoms with Crippen molar-refractivity contribution in [2.45, 2.75) is 25.9 Å². The molecule has 0 aliphatic carbocycles. The number of carbonyl (C=O) groups is 1. The first-order chi connectivity index (χ1) is 8.09. The molecule has 0 saturated carbocycles. The zero-order chi connectivity index (χ0) is 12.4. The van der Waals surface area contributed by atoms with E-state index in [1.807, 2.05) is 0 Å². The average Bonchev–Trinajstić information content (AvgIpc) is 2.75. The monoisotopic (exact) mass is 253 g/mol. The Morgan fingerprint density at radius 1 is 1.65 bits per heavy atom. The number of piperazine rings is 1. The quantitative estimate of drug-likeness (QED) is 0.840. The van der Waals surface area contributed by atoms with Gasteiger partial charge in [0.1, 0.15) is 6.04 Å². The van der Waals surface area contributed by atoms with Crippen LogP contribution in [0.3, 0.4) is 0 Å². The number of rotatable bonds is 3. The highest BCUT2D eigenvalue weighted by Gasteiger charge is 2.31. The lowest BCUT2D eigenvalue weighted by atomic mass is 10.1. The molecule has 1 fully saturated rings. The maximum absolute atomic E-state index is 11.4. The third-order valence-electron chi connectivity index (χ3n) is 3.28. The van der Waals surface area contributed by atoms with Gasteiger partial charge < -0.3 is 11.1 Å². The van der Waals surface area contributed by atoms with Crippen molar-refractivity contribution in [2.24, 2.45) is 5.73 Å². The van der Waals surface area contributed by atoms with E-state index in [4.69, 9.17) is 5.73 Å². The molecule has 1 amide bonds. The molecule has 1 aromatic rings. The summed E-state index contributed by atoms with van der Waals surface area (Å²) in [5.74, 6) is -0.239. The molecule has 5 heteroatoms. The topological polar surface area (TPSA) is 58.4 Å². The Morgan fingerprint density at radius 2 is 2.41 bits per heavy atom. The predicted molar refractivity (Wildman–Crippen MR) is 70.0 cm³/mol. The second kappa shape index (κ2) is 5.16. The van der Waals surface area contributed by atoms with E-state index in [1.54, 1.807) is 11.3 Å². The molecule has 17 heavy (non-hydrogen) atoms. The molecular weight excluding hydrogens is 234 g/mol. The van der Waals surface area contributed by atoms with Crippen molar-refractivity contribution in [1.29, 1.82) is 0 Å². The highest BCUT2D eigenvalue weighted by Crippen LogP contribution is 2.28. The van der Waals surface area contributed by atoms with Gasteiger partial charge in [-0.05, 0) is 26.0 Å². The van der Waals surface area contributed by atoms with E-state index in [9.17, 15) is 4.79 Å². The third kappa shape index (κ3) is 2.68. The van der Waals surface area contributed by atoms with Crippen LogP contribution in [0, 0.1) is 6.92 Å². The number of aryl methyl sites for hydroxylation is 1. The van der Waals surface area contributed by atoms with Crippen LogP contribution in [0.1, 0.15) is 22.7 Å². The summed E-state index contributed by atoms with van der Waals surface area (Å²) < 4.78 is 0. The lowest BCUT2D eigenvalue weighted by molar-refractivity contribution is -0.124. The summed E-state index contributed by atoms with van der Waals surface area (Å²) in [6, 6.07) is 4.33. The fourth-order valence-corrected chi connectivity index (χ4v) is 3.24. The minimum Gasteiger partial charge on any atom is -0.368 e. The molecule has 4 nitrogen and oxygen atoms in total. The molecule has 94 valence electrons. The van der Waals surface area contributed by atoms with Crippen molar-refractivity contribution in [3.63, 3.8) is 0 Å². The Kier molecular flexibility index (Phi) is 3.81. The minimum absolute atomic E-state index is 0.193. The van der Waals surface area contributed by atoms with Crippen molar-refractivity contribution in [3.8, 4) is 0 Å². The highest BCUT2D eigenvalue weighted by atomic mass is 32.1. The van der Waals surface area contributed by atoms with E-state index < -0.39 is 0 Å². The second-order valence-electron chi connectivity index (χ2n) is 4.48. The van der Waals surface area contributed by atoms with Gasteiger partial charge in [0, 0.05) is 35.4 Å². The lowest BCUT2D eigenvalue weighted by Gasteiger charge is -2.38. The fourth-order valence-electron chi connectivity index (χ4n) is 2.29. The van der Waals surface area contributed by atoms with Gasteiger partial charge in [-0.1, -0.05) is 0 Å². The molecule has 2 rings (SSSR count). The highest BCUT2D eigenvalue weighted by molar-refractivity contribution is 7.12. The van der Waals surface area contributed by atoms with E-state index in [2.05, 4.69) is 36.2 Å². The number of hydrogen-bond donors (Lipinski definition) is 2. The van der Waals surface area contributed by atoms with E-state index >= 15 is 0 Å². The third-order valence-corrected chi connectivity index (χ3v) is 4.45. The van der Waals surface area contributed by atoms with Crippen LogP contribution >= 0.6 is 11.3 Å². The van der Waals surface area contributed by atoms with E-state index in [-0.39, 0.29) is 18.0 Å². The maximum Gasteiger partial charge on any atom is 0.236 e. The molecule has 2 atom stereocenters. The average molecular weight is 253 g/mol. The maximum atomic E-state index is 11.4. The number of primary amides is 1. The Balaban J connectivity index is 2.16. The van der Waals surface area contributed by atoms with Crippen LogP contribution in [0.25, 0.3) is 0 Å². The van der Waals surface area contributed by atoms with Gasteiger partial charge in [-0.2, -0.15) is 0 Å². The SMILES string of the molecule is Cc1ccc(C(C)N2CCNCC2C(N)=O)s1. The zero-order valence-electron chi connectivity index (χ0n) is 10.3. The van der Waals surface area contributed by atoms with Gasteiger partial charge in [0.05, 0.1) is 0 Å². The molecule has 0 bridgehead atoms. The van der Waals surface area contributed by atoms with Gasteiger partial charge in [0.15, 0.2) is 0 Å². The van der Waals surface area contributed by atoms with Gasteiger partial charge in [-0.15, -0.1) is 11.3 Å². The van der Waals surface area contributed by atoms with E-state index in [0.717, 1.165) is 13.1 Å². The number of hydrogen-bond acceptors (Lipinski definition) is 4. The smallest absolute Gasteiger partial charge is 0.236 e. The summed E-state index contributed by atoms with van der Waals surface area (Å²) in [5.41, 5.74) is 5.46. The Bertz CT molecular complexity index is 404. The minimum atomic E-state index is -0.239. The van der Waals surface area contributed by atoms with Gasteiger partial charge in [-0.25, -0.2) is 0 Å². The van der Waals surface area contributed by atoms with Crippen molar-refractivity contribution in [3.05, 3.63) is 21.9 Å². The molecule has 2 unspecified atom stereocenters. The van der Waals surface area contributed by atoms with Crippen molar-refractivity contribution in [2.75, 3.05) is 19.6 Å². The number of nitrogens with two attached hydrogens (primary N) is 1. The molecule has 2 heterocycles. The Hall–Kier alpha value is -0.910. The van der Waals surface area contributed by atoms with Crippen LogP contribution in [-0.2, 0) is 4.79 Å². The lowest BCUT2D eigenvalue weighted by Crippen LogP contribution is -2.57. The first-order valence-electron chi connectivity index (χ1n) is 5.91. The van der Waals surface area contributed by atoms with Crippen LogP contribution in [0.5, 0.6) is 0 Å². The summed E-state index contributed by atoms with van der Waals surface area (Å²) >= 11 is 1.79. The standard InChI is InChI=1S/C12H19N3OS/c1-8-3-4-11(17-8)9(2)15-6-5-14-7-10(15)12(13)16/h3-4,9-10,14H,5-7H2,1-2H3,(H2,13,16). The molecular formula is C12H19N3OS. The summed E-state index contributed by atoms with van der Waals surface area (Å²) in [4.78, 5) is 16.3. The van der Waals surface area contributed by atoms with E-state index in [0.29, 0.717) is 6.54 Å². The molecule has 0 aromatic carbocycles. The van der Waals surface area contributed by atoms with Crippen LogP contribution in [0.15, 0.2) is 12.1 Å². The molecule has 1 aliphatic rings. The van der Waals surface area contributed by atoms with Crippen molar-refractivity contribution >= 4 is 17.2 Å². The van der Waals surface area contributed by atoms with Gasteiger partial charge in [0.2, 0.25) is 5.91 Å². The van der Waals surface area contributed by atoms with Crippen LogP contribution in [-0.4, -0.2) is 36.5 Å². The van der Waals surface area contributed by atoms with Crippen LogP contribution < -0.4 is 11.1 Å². The number of carbonyl (C=O) groups excluding carboxylic acids is 1. The Labute approximate surface area is 106 Å². The molecule has 1 aromatic heterocycles. The number of nitrogens with one attached hydrogen (secondary N) is 1. The predicted octanol–water partition coefficient (Wildman–Crippen LogP) is 0.877.